The van der Waals surface area contributed by atoms with Gasteiger partial charge < -0.3 is 16.0 Å². The lowest BCUT2D eigenvalue weighted by Gasteiger charge is -2.13. The van der Waals surface area contributed by atoms with E-state index in [-0.39, 0.29) is 11.9 Å². The predicted molar refractivity (Wildman–Crippen MR) is 79.6 cm³/mol. The smallest absolute Gasteiger partial charge is 0.314 e. The van der Waals surface area contributed by atoms with Gasteiger partial charge in [-0.25, -0.2) is 4.79 Å². The lowest BCUT2D eigenvalue weighted by Crippen LogP contribution is -2.40. The molecule has 110 valence electrons. The molecule has 20 heavy (non-hydrogen) atoms. The minimum absolute atomic E-state index is 0.0936. The summed E-state index contributed by atoms with van der Waals surface area (Å²) in [5.41, 5.74) is 1.28. The van der Waals surface area contributed by atoms with Gasteiger partial charge >= 0.3 is 6.03 Å². The quantitative estimate of drug-likeness (QED) is 0.663. The summed E-state index contributed by atoms with van der Waals surface area (Å²) >= 11 is 0. The molecule has 1 aromatic carbocycles. The molecule has 1 atom stereocenters. The molecular weight excluding hydrogens is 254 g/mol. The minimum Gasteiger partial charge on any atom is -0.355 e. The molecule has 0 aromatic heterocycles. The van der Waals surface area contributed by atoms with Crippen LogP contribution in [-0.4, -0.2) is 31.6 Å². The first kappa shape index (κ1) is 16.0. The number of amides is 3. The summed E-state index contributed by atoms with van der Waals surface area (Å²) < 4.78 is 0. The molecule has 3 N–H and O–H groups in total. The average Bonchev–Trinajstić information content (AvgIpc) is 2.44. The summed E-state index contributed by atoms with van der Waals surface area (Å²) in [6.45, 7) is 5.10. The zero-order valence-corrected chi connectivity index (χ0v) is 12.1. The Morgan fingerprint density at radius 2 is 1.60 bits per heavy atom. The molecule has 0 radical (unpaired) electrons. The van der Waals surface area contributed by atoms with Crippen molar-refractivity contribution in [2.24, 2.45) is 0 Å². The molecule has 0 aliphatic carbocycles. The normalized spacial score (nSPS) is 11.5. The van der Waals surface area contributed by atoms with Crippen LogP contribution in [0.1, 0.15) is 31.7 Å². The van der Waals surface area contributed by atoms with Gasteiger partial charge in [-0.3, -0.25) is 4.79 Å². The molecule has 0 heterocycles. The second kappa shape index (κ2) is 8.96. The number of carbonyl (C=O) groups excluding carboxylic acids is 2. The van der Waals surface area contributed by atoms with Crippen LogP contribution in [0.5, 0.6) is 0 Å². The van der Waals surface area contributed by atoms with E-state index in [4.69, 9.17) is 0 Å². The van der Waals surface area contributed by atoms with Crippen LogP contribution >= 0.6 is 0 Å². The van der Waals surface area contributed by atoms with Crippen molar-refractivity contribution in [2.45, 2.75) is 26.2 Å². The van der Waals surface area contributed by atoms with Crippen molar-refractivity contribution in [2.75, 3.05) is 19.6 Å². The SMILES string of the molecule is CC(=O)NCCNC(=O)NCC[C@H](C)c1ccccc1. The molecule has 5 heteroatoms. The highest BCUT2D eigenvalue weighted by atomic mass is 16.2. The minimum atomic E-state index is -0.199. The van der Waals surface area contributed by atoms with Crippen molar-refractivity contribution in [1.82, 2.24) is 16.0 Å². The number of carbonyl (C=O) groups is 2. The maximum Gasteiger partial charge on any atom is 0.314 e. The van der Waals surface area contributed by atoms with Gasteiger partial charge in [-0.2, -0.15) is 0 Å². The Labute approximate surface area is 120 Å². The summed E-state index contributed by atoms with van der Waals surface area (Å²) in [4.78, 5) is 22.1. The molecule has 0 aliphatic heterocycles. The van der Waals surface area contributed by atoms with Crippen LogP contribution in [0, 0.1) is 0 Å². The van der Waals surface area contributed by atoms with E-state index in [1.54, 1.807) is 0 Å². The predicted octanol–water partition coefficient (Wildman–Crippen LogP) is 1.62. The summed E-state index contributed by atoms with van der Waals surface area (Å²) in [6, 6.07) is 10.0. The van der Waals surface area contributed by atoms with E-state index in [9.17, 15) is 9.59 Å². The fraction of sp³-hybridized carbons (Fsp3) is 0.467. The molecule has 1 aromatic rings. The Bertz CT molecular complexity index is 420. The van der Waals surface area contributed by atoms with E-state index >= 15 is 0 Å². The second-order valence-electron chi connectivity index (χ2n) is 4.77. The summed E-state index contributed by atoms with van der Waals surface area (Å²) in [5, 5.41) is 8.11. The standard InChI is InChI=1S/C15H23N3O2/c1-12(14-6-4-3-5-7-14)8-9-17-15(20)18-11-10-16-13(2)19/h3-7,12H,8-11H2,1-2H3,(H,16,19)(H2,17,18,20)/t12-/m0/s1. The molecular formula is C15H23N3O2. The first-order valence-electron chi connectivity index (χ1n) is 6.90. The van der Waals surface area contributed by atoms with Crippen LogP contribution in [0.4, 0.5) is 4.79 Å². The van der Waals surface area contributed by atoms with Crippen molar-refractivity contribution in [3.05, 3.63) is 35.9 Å². The van der Waals surface area contributed by atoms with Gasteiger partial charge in [0.2, 0.25) is 5.91 Å². The van der Waals surface area contributed by atoms with Crippen LogP contribution in [0.3, 0.4) is 0 Å². The Morgan fingerprint density at radius 3 is 2.25 bits per heavy atom. The Kier molecular flexibility index (Phi) is 7.17. The van der Waals surface area contributed by atoms with Gasteiger partial charge in [-0.05, 0) is 17.9 Å². The lowest BCUT2D eigenvalue weighted by molar-refractivity contribution is -0.118. The number of urea groups is 1. The zero-order valence-electron chi connectivity index (χ0n) is 12.1. The molecule has 0 saturated carbocycles. The van der Waals surface area contributed by atoms with E-state index in [1.807, 2.05) is 18.2 Å². The number of nitrogens with one attached hydrogen (secondary N) is 3. The first-order chi connectivity index (χ1) is 9.59. The van der Waals surface area contributed by atoms with Crippen molar-refractivity contribution >= 4 is 11.9 Å². The molecule has 0 aliphatic rings. The van der Waals surface area contributed by atoms with Crippen molar-refractivity contribution in [3.8, 4) is 0 Å². The highest BCUT2D eigenvalue weighted by Crippen LogP contribution is 2.17. The highest BCUT2D eigenvalue weighted by Gasteiger charge is 2.05. The molecule has 0 saturated heterocycles. The number of hydrogen-bond donors (Lipinski definition) is 3. The van der Waals surface area contributed by atoms with Crippen LogP contribution in [0.15, 0.2) is 30.3 Å². The fourth-order valence-electron chi connectivity index (χ4n) is 1.83. The largest absolute Gasteiger partial charge is 0.355 e. The molecule has 0 bridgehead atoms. The molecule has 0 unspecified atom stereocenters. The summed E-state index contributed by atoms with van der Waals surface area (Å²) in [5.74, 6) is 0.319. The van der Waals surface area contributed by atoms with Crippen LogP contribution < -0.4 is 16.0 Å². The van der Waals surface area contributed by atoms with Gasteiger partial charge in [0.15, 0.2) is 0 Å². The molecule has 0 fully saturated rings. The second-order valence-corrected chi connectivity index (χ2v) is 4.77. The number of benzene rings is 1. The van der Waals surface area contributed by atoms with Gasteiger partial charge in [0.05, 0.1) is 0 Å². The summed E-state index contributed by atoms with van der Waals surface area (Å²) in [6.07, 6.45) is 0.892. The first-order valence-corrected chi connectivity index (χ1v) is 6.90. The lowest BCUT2D eigenvalue weighted by atomic mass is 9.98. The number of hydrogen-bond acceptors (Lipinski definition) is 2. The van der Waals surface area contributed by atoms with Gasteiger partial charge in [-0.1, -0.05) is 37.3 Å². The van der Waals surface area contributed by atoms with E-state index < -0.39 is 0 Å². The molecule has 5 nitrogen and oxygen atoms in total. The monoisotopic (exact) mass is 277 g/mol. The molecule has 3 amide bonds. The highest BCUT2D eigenvalue weighted by molar-refractivity contribution is 5.74. The van der Waals surface area contributed by atoms with Crippen molar-refractivity contribution in [3.63, 3.8) is 0 Å². The molecule has 0 spiro atoms. The van der Waals surface area contributed by atoms with Gasteiger partial charge in [0.25, 0.3) is 0 Å². The maximum absolute atomic E-state index is 11.5. The third kappa shape index (κ3) is 6.78. The van der Waals surface area contributed by atoms with E-state index in [0.29, 0.717) is 25.6 Å². The van der Waals surface area contributed by atoms with Gasteiger partial charge in [-0.15, -0.1) is 0 Å². The topological polar surface area (TPSA) is 70.2 Å². The van der Waals surface area contributed by atoms with E-state index in [0.717, 1.165) is 6.42 Å². The Hall–Kier alpha value is -2.04. The van der Waals surface area contributed by atoms with E-state index in [1.165, 1.54) is 12.5 Å². The Morgan fingerprint density at radius 1 is 1.00 bits per heavy atom. The fourth-order valence-corrected chi connectivity index (χ4v) is 1.83. The van der Waals surface area contributed by atoms with Gasteiger partial charge in [0, 0.05) is 26.6 Å². The van der Waals surface area contributed by atoms with Crippen LogP contribution in [0.25, 0.3) is 0 Å². The third-order valence-corrected chi connectivity index (χ3v) is 3.02. The van der Waals surface area contributed by atoms with Gasteiger partial charge in [0.1, 0.15) is 0 Å². The zero-order chi connectivity index (χ0) is 14.8. The summed E-state index contributed by atoms with van der Waals surface area (Å²) in [7, 11) is 0. The number of rotatable bonds is 7. The molecule has 1 rings (SSSR count). The van der Waals surface area contributed by atoms with Crippen LogP contribution in [0.2, 0.25) is 0 Å². The van der Waals surface area contributed by atoms with Crippen LogP contribution in [-0.2, 0) is 4.79 Å². The Balaban J connectivity index is 2.11. The van der Waals surface area contributed by atoms with Crippen molar-refractivity contribution in [1.29, 1.82) is 0 Å². The maximum atomic E-state index is 11.5. The average molecular weight is 277 g/mol. The van der Waals surface area contributed by atoms with E-state index in [2.05, 4.69) is 35.0 Å². The van der Waals surface area contributed by atoms with Crippen molar-refractivity contribution < 1.29 is 9.59 Å². The third-order valence-electron chi connectivity index (χ3n) is 3.02.